The Morgan fingerprint density at radius 3 is 2.30 bits per heavy atom. The third-order valence-electron chi connectivity index (χ3n) is 14.9. The summed E-state index contributed by atoms with van der Waals surface area (Å²) in [6.07, 6.45) is 8.29. The molecular weight excluding hydrogens is 594 g/mol. The van der Waals surface area contributed by atoms with Gasteiger partial charge in [0, 0.05) is 42.3 Å². The number of carbonyl (C=O) groups excluding carboxylic acids is 2. The van der Waals surface area contributed by atoms with Crippen LogP contribution < -0.4 is 5.32 Å². The first-order valence-electron chi connectivity index (χ1n) is 18.1. The van der Waals surface area contributed by atoms with Crippen molar-refractivity contribution in [3.8, 4) is 0 Å². The monoisotopic (exact) mass is 651 g/mol. The number of aliphatic hydroxyl groups is 1. The van der Waals surface area contributed by atoms with Crippen LogP contribution in [-0.2, 0) is 20.9 Å². The average molecular weight is 652 g/mol. The maximum atomic E-state index is 13.9. The highest BCUT2D eigenvalue weighted by Crippen LogP contribution is 2.77. The second kappa shape index (κ2) is 11.7. The van der Waals surface area contributed by atoms with Gasteiger partial charge < -0.3 is 15.2 Å². The summed E-state index contributed by atoms with van der Waals surface area (Å²) in [7, 11) is 0. The van der Waals surface area contributed by atoms with Crippen LogP contribution in [0.3, 0.4) is 0 Å². The number of halogens is 1. The summed E-state index contributed by atoms with van der Waals surface area (Å²) in [6, 6.07) is 7.84. The topological polar surface area (TPSA) is 75.6 Å². The molecule has 2 N–H and O–H groups in total. The summed E-state index contributed by atoms with van der Waals surface area (Å²) in [5, 5.41) is 16.3. The molecule has 0 heterocycles. The van der Waals surface area contributed by atoms with Crippen molar-refractivity contribution in [3.63, 3.8) is 0 Å². The molecule has 254 valence electrons. The Bertz CT molecular complexity index is 1400. The van der Waals surface area contributed by atoms with Crippen molar-refractivity contribution in [1.29, 1.82) is 0 Å². The number of ether oxygens (including phenoxy) is 1. The molecule has 0 radical (unpaired) electrons. The van der Waals surface area contributed by atoms with Crippen LogP contribution in [0.5, 0.6) is 0 Å². The van der Waals surface area contributed by atoms with Crippen LogP contribution in [0, 0.1) is 50.7 Å². The maximum absolute atomic E-state index is 13.9. The molecule has 1 aromatic rings. The molecule has 8 unspecified atom stereocenters. The van der Waals surface area contributed by atoms with Gasteiger partial charge >= 0.3 is 5.97 Å². The minimum atomic E-state index is -0.615. The number of carbonyl (C=O) groups is 2. The fourth-order valence-corrected chi connectivity index (χ4v) is 12.8. The van der Waals surface area contributed by atoms with Crippen molar-refractivity contribution >= 4 is 23.4 Å². The van der Waals surface area contributed by atoms with Crippen LogP contribution in [0.2, 0.25) is 5.02 Å². The maximum Gasteiger partial charge on any atom is 0.302 e. The van der Waals surface area contributed by atoms with Crippen LogP contribution in [0.4, 0.5) is 0 Å². The Morgan fingerprint density at radius 2 is 1.65 bits per heavy atom. The molecule has 0 amide bonds. The smallest absolute Gasteiger partial charge is 0.302 e. The Balaban J connectivity index is 1.31. The summed E-state index contributed by atoms with van der Waals surface area (Å²) in [5.41, 5.74) is 3.31. The fraction of sp³-hybridized carbons (Fsp3) is 0.750. The third-order valence-corrected chi connectivity index (χ3v) is 15.2. The van der Waals surface area contributed by atoms with E-state index in [4.69, 9.17) is 16.3 Å². The van der Waals surface area contributed by atoms with Gasteiger partial charge in [0.05, 0.1) is 6.10 Å². The standard InChI is InChI=1S/C40H58ClNO4/c1-24(2)34-29(44)21-40(32(45)23-42-22-26-9-11-27(41)12-10-26)20-19-38(7)28(35(34)40)13-14-31-37(6)17-16-33(46-25(3)43)36(4,5)30(37)15-18-39(31,38)8/h9-12,24,28,30-33,42,45H,13-23H2,1-8H3/t28?,30?,31?,32-,33?,37?,38?,39?,40?/m1/s1. The highest BCUT2D eigenvalue weighted by atomic mass is 35.5. The van der Waals surface area contributed by atoms with Crippen molar-refractivity contribution in [2.45, 2.75) is 132 Å². The second-order valence-corrected chi connectivity index (χ2v) is 18.0. The molecule has 1 aromatic carbocycles. The predicted octanol–water partition coefficient (Wildman–Crippen LogP) is 8.70. The second-order valence-electron chi connectivity index (χ2n) is 17.6. The number of hydrogen-bond donors (Lipinski definition) is 2. The SMILES string of the molecule is CC(=O)OC1CCC2(C)C(CCC3(C)C2CCC2C4=C(C(C)C)C(=O)CC4([C@H](O)CNCc4ccc(Cl)cc4)CCC23C)C1(C)C. The van der Waals surface area contributed by atoms with E-state index in [0.717, 1.165) is 67.5 Å². The zero-order valence-corrected chi connectivity index (χ0v) is 30.4. The van der Waals surface area contributed by atoms with Crippen LogP contribution >= 0.6 is 11.6 Å². The molecule has 0 spiro atoms. The molecule has 46 heavy (non-hydrogen) atoms. The van der Waals surface area contributed by atoms with Crippen LogP contribution in [0.15, 0.2) is 35.4 Å². The first kappa shape index (κ1) is 34.2. The van der Waals surface area contributed by atoms with E-state index in [9.17, 15) is 14.7 Å². The Hall–Kier alpha value is -1.69. The van der Waals surface area contributed by atoms with Crippen molar-refractivity contribution in [3.05, 3.63) is 46.0 Å². The highest BCUT2D eigenvalue weighted by Gasteiger charge is 2.70. The molecular formula is C40H58ClNO4. The molecule has 0 aliphatic heterocycles. The molecule has 0 aromatic heterocycles. The number of rotatable bonds is 7. The molecule has 4 saturated carbocycles. The molecule has 4 fully saturated rings. The van der Waals surface area contributed by atoms with Gasteiger partial charge in [-0.3, -0.25) is 9.59 Å². The average Bonchev–Trinajstić information content (AvgIpc) is 3.29. The first-order valence-corrected chi connectivity index (χ1v) is 18.5. The number of allylic oxidation sites excluding steroid dienone is 1. The molecule has 6 heteroatoms. The summed E-state index contributed by atoms with van der Waals surface area (Å²) >= 11 is 6.09. The lowest BCUT2D eigenvalue weighted by atomic mass is 9.33. The molecule has 5 nitrogen and oxygen atoms in total. The predicted molar refractivity (Wildman–Crippen MR) is 184 cm³/mol. The lowest BCUT2D eigenvalue weighted by molar-refractivity contribution is -0.234. The fourth-order valence-electron chi connectivity index (χ4n) is 12.6. The Kier molecular flexibility index (Phi) is 8.71. The summed E-state index contributed by atoms with van der Waals surface area (Å²) in [5.74, 6) is 1.64. The third kappa shape index (κ3) is 4.99. The quantitative estimate of drug-likeness (QED) is 0.289. The van der Waals surface area contributed by atoms with Gasteiger partial charge in [0.25, 0.3) is 0 Å². The van der Waals surface area contributed by atoms with Crippen molar-refractivity contribution in [2.24, 2.45) is 50.7 Å². The van der Waals surface area contributed by atoms with Crippen LogP contribution in [0.1, 0.15) is 119 Å². The lowest BCUT2D eigenvalue weighted by Crippen LogP contribution is -2.66. The molecule has 0 saturated heterocycles. The van der Waals surface area contributed by atoms with Crippen molar-refractivity contribution < 1.29 is 19.4 Å². The van der Waals surface area contributed by atoms with Crippen LogP contribution in [-0.4, -0.2) is 35.6 Å². The summed E-state index contributed by atoms with van der Waals surface area (Å²) in [6.45, 7) is 19.4. The molecule has 6 rings (SSSR count). The van der Waals surface area contributed by atoms with Gasteiger partial charge in [-0.2, -0.15) is 0 Å². The van der Waals surface area contributed by atoms with E-state index in [1.54, 1.807) is 6.92 Å². The van der Waals surface area contributed by atoms with E-state index in [0.29, 0.717) is 37.3 Å². The minimum absolute atomic E-state index is 0.0206. The number of nitrogens with one attached hydrogen (secondary N) is 1. The largest absolute Gasteiger partial charge is 0.462 e. The molecule has 5 aliphatic carbocycles. The van der Waals surface area contributed by atoms with Crippen molar-refractivity contribution in [2.75, 3.05) is 6.54 Å². The molecule has 0 bridgehead atoms. The zero-order chi connectivity index (χ0) is 33.4. The van der Waals surface area contributed by atoms with Gasteiger partial charge in [-0.05, 0) is 115 Å². The zero-order valence-electron chi connectivity index (χ0n) is 29.6. The van der Waals surface area contributed by atoms with Gasteiger partial charge in [-0.1, -0.05) is 77.8 Å². The molecule has 9 atom stereocenters. The van der Waals surface area contributed by atoms with Gasteiger partial charge in [-0.25, -0.2) is 0 Å². The number of ketones is 1. The minimum Gasteiger partial charge on any atom is -0.462 e. The van der Waals surface area contributed by atoms with Gasteiger partial charge in [0.1, 0.15) is 6.10 Å². The first-order chi connectivity index (χ1) is 21.5. The number of fused-ring (bicyclic) bond motifs is 7. The van der Waals surface area contributed by atoms with Crippen molar-refractivity contribution in [1.82, 2.24) is 5.32 Å². The van der Waals surface area contributed by atoms with E-state index in [2.05, 4.69) is 53.8 Å². The number of hydrogen-bond acceptors (Lipinski definition) is 5. The van der Waals surface area contributed by atoms with Gasteiger partial charge in [-0.15, -0.1) is 0 Å². The van der Waals surface area contributed by atoms with E-state index >= 15 is 0 Å². The number of esters is 1. The van der Waals surface area contributed by atoms with E-state index in [-0.39, 0.29) is 45.4 Å². The van der Waals surface area contributed by atoms with Gasteiger partial charge in [0.2, 0.25) is 0 Å². The van der Waals surface area contributed by atoms with Gasteiger partial charge in [0.15, 0.2) is 5.78 Å². The van der Waals surface area contributed by atoms with E-state index < -0.39 is 11.5 Å². The normalized spacial score (nSPS) is 40.5. The van der Waals surface area contributed by atoms with E-state index in [1.807, 2.05) is 24.3 Å². The molecule has 5 aliphatic rings. The highest BCUT2D eigenvalue weighted by molar-refractivity contribution is 6.30. The summed E-state index contributed by atoms with van der Waals surface area (Å²) < 4.78 is 5.94. The Morgan fingerprint density at radius 1 is 0.957 bits per heavy atom. The number of benzene rings is 1. The number of aliphatic hydroxyl groups excluding tert-OH is 1. The van der Waals surface area contributed by atoms with Crippen LogP contribution in [0.25, 0.3) is 0 Å². The lowest BCUT2D eigenvalue weighted by Gasteiger charge is -2.72. The van der Waals surface area contributed by atoms with E-state index in [1.165, 1.54) is 5.57 Å². The summed E-state index contributed by atoms with van der Waals surface area (Å²) in [4.78, 5) is 26.0. The Labute approximate surface area is 282 Å². The number of Topliss-reactive ketones (excluding diaryl/α,β-unsaturated/α-hetero) is 1.